The van der Waals surface area contributed by atoms with Crippen molar-refractivity contribution in [2.75, 3.05) is 0 Å². The Morgan fingerprint density at radius 2 is 1.72 bits per heavy atom. The maximum atomic E-state index is 12.8. The number of β-lactam (4-membered cyclic amide) rings is 1. The smallest absolute Gasteiger partial charge is 0.410 e. The van der Waals surface area contributed by atoms with Gasteiger partial charge in [0.25, 0.3) is 0 Å². The largest absolute Gasteiger partial charge is 0.422 e. The van der Waals surface area contributed by atoms with Crippen molar-refractivity contribution in [3.8, 4) is 5.75 Å². The van der Waals surface area contributed by atoms with Crippen LogP contribution in [0.4, 0.5) is 4.79 Å². The molecule has 2 aromatic carbocycles. The third-order valence-electron chi connectivity index (χ3n) is 4.88. The molecule has 0 saturated carbocycles. The second kappa shape index (κ2) is 8.52. The van der Waals surface area contributed by atoms with E-state index in [4.69, 9.17) is 4.74 Å². The fraction of sp³-hybridized carbons (Fsp3) is 0.125. The van der Waals surface area contributed by atoms with Crippen LogP contribution in [0.1, 0.15) is 11.1 Å². The molecule has 1 aromatic heterocycles. The first kappa shape index (κ1) is 18.6. The van der Waals surface area contributed by atoms with E-state index in [1.54, 1.807) is 36.7 Å². The molecule has 2 atom stereocenters. The van der Waals surface area contributed by atoms with Crippen LogP contribution in [-0.4, -0.2) is 27.9 Å². The van der Waals surface area contributed by atoms with Crippen molar-refractivity contribution in [1.29, 1.82) is 0 Å². The fourth-order valence-electron chi connectivity index (χ4n) is 3.40. The lowest BCUT2D eigenvalue weighted by molar-refractivity contribution is -0.148. The highest BCUT2D eigenvalue weighted by Crippen LogP contribution is 2.32. The van der Waals surface area contributed by atoms with E-state index in [0.717, 1.165) is 11.1 Å². The van der Waals surface area contributed by atoms with Crippen LogP contribution >= 0.6 is 0 Å². The number of para-hydroxylation sites is 1. The molecule has 1 aliphatic rings. The third-order valence-corrected chi connectivity index (χ3v) is 4.88. The molecule has 0 aliphatic carbocycles. The number of likely N-dealkylation sites (tertiary alicyclic amines) is 1. The first-order valence-electron chi connectivity index (χ1n) is 9.44. The lowest BCUT2D eigenvalue weighted by atomic mass is 9.82. The molecule has 1 aliphatic heterocycles. The molecule has 2 amide bonds. The third kappa shape index (κ3) is 4.24. The van der Waals surface area contributed by atoms with Gasteiger partial charge >= 0.3 is 6.09 Å². The Labute approximate surface area is 169 Å². The van der Waals surface area contributed by atoms with Crippen molar-refractivity contribution in [2.24, 2.45) is 5.92 Å². The Morgan fingerprint density at radius 1 is 1.00 bits per heavy atom. The van der Waals surface area contributed by atoms with E-state index in [-0.39, 0.29) is 17.9 Å². The Hall–Kier alpha value is -3.73. The van der Waals surface area contributed by atoms with Gasteiger partial charge in [0, 0.05) is 12.4 Å². The molecule has 0 N–H and O–H groups in total. The summed E-state index contributed by atoms with van der Waals surface area (Å²) in [5.41, 5.74) is 1.96. The van der Waals surface area contributed by atoms with Crippen molar-refractivity contribution in [3.63, 3.8) is 0 Å². The summed E-state index contributed by atoms with van der Waals surface area (Å²) in [6.07, 6.45) is 7.09. The molecule has 0 radical (unpaired) electrons. The molecule has 0 unspecified atom stereocenters. The first-order valence-corrected chi connectivity index (χ1v) is 9.44. The van der Waals surface area contributed by atoms with Gasteiger partial charge in [-0.25, -0.2) is 9.69 Å². The van der Waals surface area contributed by atoms with Gasteiger partial charge in [0.2, 0.25) is 5.91 Å². The highest BCUT2D eigenvalue weighted by Gasteiger charge is 2.50. The van der Waals surface area contributed by atoms with E-state index in [0.29, 0.717) is 12.2 Å². The molecular formula is C24H20N2O3. The number of imide groups is 1. The Kier molecular flexibility index (Phi) is 5.47. The summed E-state index contributed by atoms with van der Waals surface area (Å²) in [4.78, 5) is 30.7. The van der Waals surface area contributed by atoms with Gasteiger partial charge in [0.15, 0.2) is 0 Å². The quantitative estimate of drug-likeness (QED) is 0.613. The number of amides is 2. The zero-order chi connectivity index (χ0) is 20.1. The summed E-state index contributed by atoms with van der Waals surface area (Å²) >= 11 is 0. The standard InChI is InChI=1S/C24H20N2O3/c27-23-21(16-18-8-3-1-4-9-18)22(14-13-19-10-7-15-25-17-19)26(23)24(28)29-20-11-5-2-6-12-20/h1-15,17,21-22H,16H2/b14-13+/t21-,22+/m0/s1. The minimum atomic E-state index is -0.661. The van der Waals surface area contributed by atoms with Gasteiger partial charge in [-0.05, 0) is 35.7 Å². The zero-order valence-corrected chi connectivity index (χ0v) is 15.7. The number of hydrogen-bond donors (Lipinski definition) is 0. The number of carbonyl (C=O) groups is 2. The normalized spacial score (nSPS) is 18.5. The molecule has 2 heterocycles. The van der Waals surface area contributed by atoms with Crippen LogP contribution in [-0.2, 0) is 11.2 Å². The summed E-state index contributed by atoms with van der Waals surface area (Å²) < 4.78 is 5.39. The van der Waals surface area contributed by atoms with Gasteiger partial charge in [0.1, 0.15) is 5.75 Å². The molecule has 4 rings (SSSR count). The van der Waals surface area contributed by atoms with Gasteiger partial charge in [-0.3, -0.25) is 9.78 Å². The van der Waals surface area contributed by atoms with Crippen LogP contribution in [0, 0.1) is 5.92 Å². The monoisotopic (exact) mass is 384 g/mol. The second-order valence-electron chi connectivity index (χ2n) is 6.82. The average Bonchev–Trinajstić information content (AvgIpc) is 2.76. The highest BCUT2D eigenvalue weighted by molar-refractivity contribution is 6.01. The summed E-state index contributed by atoms with van der Waals surface area (Å²) in [6.45, 7) is 0. The number of benzene rings is 2. The number of rotatable bonds is 5. The van der Waals surface area contributed by atoms with Crippen molar-refractivity contribution in [1.82, 2.24) is 9.88 Å². The maximum absolute atomic E-state index is 12.8. The van der Waals surface area contributed by atoms with Gasteiger partial charge in [-0.15, -0.1) is 0 Å². The highest BCUT2D eigenvalue weighted by atomic mass is 16.6. The van der Waals surface area contributed by atoms with Crippen molar-refractivity contribution in [3.05, 3.63) is 102 Å². The van der Waals surface area contributed by atoms with Crippen LogP contribution in [0.3, 0.4) is 0 Å². The maximum Gasteiger partial charge on any atom is 0.422 e. The van der Waals surface area contributed by atoms with Crippen LogP contribution in [0.5, 0.6) is 5.75 Å². The predicted molar refractivity (Wildman–Crippen MR) is 110 cm³/mol. The Bertz CT molecular complexity index is 1000. The van der Waals surface area contributed by atoms with E-state index in [2.05, 4.69) is 4.98 Å². The predicted octanol–water partition coefficient (Wildman–Crippen LogP) is 4.36. The summed E-state index contributed by atoms with van der Waals surface area (Å²) in [7, 11) is 0. The lowest BCUT2D eigenvalue weighted by Gasteiger charge is -2.43. The van der Waals surface area contributed by atoms with Crippen LogP contribution in [0.15, 0.2) is 91.3 Å². The Balaban J connectivity index is 1.55. The van der Waals surface area contributed by atoms with E-state index in [9.17, 15) is 9.59 Å². The van der Waals surface area contributed by atoms with Crippen LogP contribution in [0.25, 0.3) is 6.08 Å². The first-order chi connectivity index (χ1) is 14.2. The molecule has 3 aromatic rings. The molecule has 5 nitrogen and oxygen atoms in total. The summed E-state index contributed by atoms with van der Waals surface area (Å²) in [5, 5.41) is 0. The minimum Gasteiger partial charge on any atom is -0.410 e. The molecule has 1 saturated heterocycles. The van der Waals surface area contributed by atoms with Gasteiger partial charge < -0.3 is 4.74 Å². The number of ether oxygens (including phenoxy) is 1. The Morgan fingerprint density at radius 3 is 2.41 bits per heavy atom. The molecule has 29 heavy (non-hydrogen) atoms. The lowest BCUT2D eigenvalue weighted by Crippen LogP contribution is -2.63. The second-order valence-corrected chi connectivity index (χ2v) is 6.82. The molecule has 0 spiro atoms. The fourth-order valence-corrected chi connectivity index (χ4v) is 3.40. The van der Waals surface area contributed by atoms with Crippen LogP contribution in [0.2, 0.25) is 0 Å². The van der Waals surface area contributed by atoms with E-state index >= 15 is 0 Å². The molecular weight excluding hydrogens is 364 g/mol. The number of aromatic nitrogens is 1. The van der Waals surface area contributed by atoms with E-state index in [1.807, 2.05) is 60.7 Å². The molecule has 0 bridgehead atoms. The average molecular weight is 384 g/mol. The SMILES string of the molecule is O=C(Oc1ccccc1)N1C(=O)[C@@H](Cc2ccccc2)[C@H]1/C=C/c1cccnc1. The van der Waals surface area contributed by atoms with E-state index < -0.39 is 6.09 Å². The molecule has 144 valence electrons. The number of hydrogen-bond acceptors (Lipinski definition) is 4. The van der Waals surface area contributed by atoms with Crippen molar-refractivity contribution >= 4 is 18.1 Å². The molecule has 1 fully saturated rings. The topological polar surface area (TPSA) is 59.5 Å². The van der Waals surface area contributed by atoms with Gasteiger partial charge in [-0.1, -0.05) is 66.7 Å². The summed E-state index contributed by atoms with van der Waals surface area (Å²) in [5.74, 6) is -0.129. The van der Waals surface area contributed by atoms with Crippen molar-refractivity contribution < 1.29 is 14.3 Å². The zero-order valence-electron chi connectivity index (χ0n) is 15.7. The number of nitrogens with zero attached hydrogens (tertiary/aromatic N) is 2. The van der Waals surface area contributed by atoms with Crippen LogP contribution < -0.4 is 4.74 Å². The van der Waals surface area contributed by atoms with Crippen molar-refractivity contribution in [2.45, 2.75) is 12.5 Å². The number of carbonyl (C=O) groups excluding carboxylic acids is 2. The van der Waals surface area contributed by atoms with E-state index in [1.165, 1.54) is 4.90 Å². The molecule has 5 heteroatoms. The summed E-state index contributed by atoms with van der Waals surface area (Å²) in [6, 6.07) is 21.9. The van der Waals surface area contributed by atoms with Gasteiger partial charge in [-0.2, -0.15) is 0 Å². The number of pyridine rings is 1. The van der Waals surface area contributed by atoms with Gasteiger partial charge in [0.05, 0.1) is 12.0 Å². The minimum absolute atomic E-state index is 0.226.